The number of imide groups is 1. The molecule has 2 aliphatic heterocycles. The SMILES string of the molecule is NCCC[C@@H]1C(=O)N[C@@H](Cc2ccc(O)cc2)C(=O)N2CCC[C@@H]2C(=O)NCC(=O)N1C(=O)[C@@H](N)Cc1ccc(O)cc1. The van der Waals surface area contributed by atoms with Crippen LogP contribution in [0.1, 0.15) is 36.8 Å². The first-order valence-corrected chi connectivity index (χ1v) is 14.3. The Hall–Kier alpha value is -4.49. The largest absolute Gasteiger partial charge is 0.508 e. The molecule has 0 spiro atoms. The summed E-state index contributed by atoms with van der Waals surface area (Å²) >= 11 is 0. The number of nitrogens with zero attached hydrogens (tertiary/aromatic N) is 2. The van der Waals surface area contributed by atoms with E-state index in [4.69, 9.17) is 11.5 Å². The van der Waals surface area contributed by atoms with E-state index in [0.29, 0.717) is 30.5 Å². The highest BCUT2D eigenvalue weighted by Crippen LogP contribution is 2.22. The molecule has 4 rings (SSSR count). The molecule has 4 atom stereocenters. The van der Waals surface area contributed by atoms with Crippen molar-refractivity contribution in [1.82, 2.24) is 20.4 Å². The molecule has 0 bridgehead atoms. The summed E-state index contributed by atoms with van der Waals surface area (Å²) in [5.74, 6) is -3.31. The number of hydrogen-bond acceptors (Lipinski definition) is 9. The Kier molecular flexibility index (Phi) is 10.3. The molecule has 2 aromatic rings. The average molecular weight is 595 g/mol. The number of benzene rings is 2. The Morgan fingerprint density at radius 2 is 1.58 bits per heavy atom. The number of carbonyl (C=O) groups excluding carboxylic acids is 5. The molecule has 5 amide bonds. The third-order valence-electron chi connectivity index (χ3n) is 7.75. The lowest BCUT2D eigenvalue weighted by molar-refractivity contribution is -0.154. The van der Waals surface area contributed by atoms with E-state index in [0.717, 1.165) is 4.90 Å². The number of nitrogens with one attached hydrogen (secondary N) is 2. The summed E-state index contributed by atoms with van der Waals surface area (Å²) in [6, 6.07) is 7.68. The van der Waals surface area contributed by atoms with Gasteiger partial charge in [0.1, 0.15) is 29.6 Å². The van der Waals surface area contributed by atoms with Crippen molar-refractivity contribution >= 4 is 29.5 Å². The normalized spacial score (nSPS) is 22.2. The molecule has 0 radical (unpaired) electrons. The zero-order valence-corrected chi connectivity index (χ0v) is 23.8. The van der Waals surface area contributed by atoms with Gasteiger partial charge in [0.25, 0.3) is 0 Å². The molecule has 230 valence electrons. The first kappa shape index (κ1) is 31.4. The third-order valence-corrected chi connectivity index (χ3v) is 7.75. The van der Waals surface area contributed by atoms with Crippen molar-refractivity contribution in [2.75, 3.05) is 19.6 Å². The van der Waals surface area contributed by atoms with Crippen LogP contribution in [0.5, 0.6) is 11.5 Å². The second-order valence-corrected chi connectivity index (χ2v) is 10.9. The van der Waals surface area contributed by atoms with Crippen molar-refractivity contribution in [2.24, 2.45) is 11.5 Å². The maximum Gasteiger partial charge on any atom is 0.249 e. The van der Waals surface area contributed by atoms with Crippen LogP contribution in [0.2, 0.25) is 0 Å². The van der Waals surface area contributed by atoms with Crippen LogP contribution in [0.15, 0.2) is 48.5 Å². The fraction of sp³-hybridized carbons (Fsp3) is 0.433. The summed E-state index contributed by atoms with van der Waals surface area (Å²) in [5.41, 5.74) is 13.3. The highest BCUT2D eigenvalue weighted by atomic mass is 16.3. The standard InChI is InChI=1S/C30H38N6O7/c31-13-1-3-25-28(41)34-23(16-19-7-11-21(38)12-8-19)30(43)35-14-2-4-24(35)27(40)33-17-26(39)36(25)29(42)22(32)15-18-5-9-20(37)10-6-18/h5-12,22-25,37-38H,1-4,13-17,31-32H2,(H,33,40)(H,34,41)/t22-,23-,24+,25+/m0/s1. The molecular weight excluding hydrogens is 556 g/mol. The fourth-order valence-corrected chi connectivity index (χ4v) is 5.50. The number of nitrogens with two attached hydrogens (primary N) is 2. The maximum absolute atomic E-state index is 13.9. The summed E-state index contributed by atoms with van der Waals surface area (Å²) in [6.45, 7) is -0.0971. The van der Waals surface area contributed by atoms with Gasteiger partial charge in [0.05, 0.1) is 12.6 Å². The first-order valence-electron chi connectivity index (χ1n) is 14.3. The van der Waals surface area contributed by atoms with Gasteiger partial charge in [-0.25, -0.2) is 0 Å². The van der Waals surface area contributed by atoms with Gasteiger partial charge in [-0.2, -0.15) is 0 Å². The topological polar surface area (TPSA) is 208 Å². The van der Waals surface area contributed by atoms with Crippen LogP contribution in [0.25, 0.3) is 0 Å². The molecule has 13 nitrogen and oxygen atoms in total. The molecule has 0 aliphatic carbocycles. The highest BCUT2D eigenvalue weighted by molar-refractivity contribution is 6.05. The average Bonchev–Trinajstić information content (AvgIpc) is 3.49. The van der Waals surface area contributed by atoms with E-state index in [1.54, 1.807) is 24.3 Å². The molecule has 8 N–H and O–H groups in total. The van der Waals surface area contributed by atoms with E-state index in [9.17, 15) is 34.2 Å². The van der Waals surface area contributed by atoms with E-state index in [-0.39, 0.29) is 43.7 Å². The Labute approximate surface area is 249 Å². The van der Waals surface area contributed by atoms with E-state index in [1.165, 1.54) is 29.2 Å². The summed E-state index contributed by atoms with van der Waals surface area (Å²) in [4.78, 5) is 70.4. The van der Waals surface area contributed by atoms with Gasteiger partial charge in [0, 0.05) is 13.0 Å². The van der Waals surface area contributed by atoms with E-state index in [2.05, 4.69) is 10.6 Å². The van der Waals surface area contributed by atoms with Crippen molar-refractivity contribution in [3.05, 3.63) is 59.7 Å². The number of rotatable bonds is 8. The fourth-order valence-electron chi connectivity index (χ4n) is 5.50. The second kappa shape index (κ2) is 14.1. The van der Waals surface area contributed by atoms with Gasteiger partial charge < -0.3 is 37.2 Å². The number of amides is 5. The molecule has 2 aromatic carbocycles. The zero-order chi connectivity index (χ0) is 31.1. The van der Waals surface area contributed by atoms with E-state index < -0.39 is 60.2 Å². The summed E-state index contributed by atoms with van der Waals surface area (Å²) < 4.78 is 0. The number of hydrogen-bond donors (Lipinski definition) is 6. The number of aromatic hydroxyl groups is 2. The summed E-state index contributed by atoms with van der Waals surface area (Å²) in [6.07, 6.45) is 1.28. The molecule has 13 heteroatoms. The minimum absolute atomic E-state index is 0.00610. The second-order valence-electron chi connectivity index (χ2n) is 10.9. The minimum atomic E-state index is -1.35. The van der Waals surface area contributed by atoms with Gasteiger partial charge in [0.2, 0.25) is 29.5 Å². The van der Waals surface area contributed by atoms with Crippen LogP contribution in [0.4, 0.5) is 0 Å². The van der Waals surface area contributed by atoms with Crippen LogP contribution in [-0.4, -0.2) is 93.4 Å². The lowest BCUT2D eigenvalue weighted by Crippen LogP contribution is -2.63. The van der Waals surface area contributed by atoms with Crippen molar-refractivity contribution in [3.63, 3.8) is 0 Å². The van der Waals surface area contributed by atoms with Gasteiger partial charge in [-0.3, -0.25) is 28.9 Å². The zero-order valence-electron chi connectivity index (χ0n) is 23.8. The van der Waals surface area contributed by atoms with Crippen molar-refractivity contribution in [3.8, 4) is 11.5 Å². The lowest BCUT2D eigenvalue weighted by Gasteiger charge is -2.35. The number of fused-ring (bicyclic) bond motifs is 1. The molecule has 2 aliphatic rings. The maximum atomic E-state index is 13.9. The van der Waals surface area contributed by atoms with Crippen LogP contribution in [-0.2, 0) is 36.8 Å². The van der Waals surface area contributed by atoms with Gasteiger partial charge in [-0.05, 0) is 74.0 Å². The molecule has 0 saturated carbocycles. The number of phenolic OH excluding ortho intramolecular Hbond substituents is 2. The van der Waals surface area contributed by atoms with Gasteiger partial charge >= 0.3 is 0 Å². The number of carbonyl (C=O) groups is 5. The predicted octanol–water partition coefficient (Wildman–Crippen LogP) is -0.721. The third kappa shape index (κ3) is 7.67. The lowest BCUT2D eigenvalue weighted by atomic mass is 10.0. The molecule has 0 unspecified atom stereocenters. The van der Waals surface area contributed by atoms with Gasteiger partial charge in [-0.15, -0.1) is 0 Å². The minimum Gasteiger partial charge on any atom is -0.508 e. The first-order chi connectivity index (χ1) is 20.6. The van der Waals surface area contributed by atoms with Crippen molar-refractivity contribution in [1.29, 1.82) is 0 Å². The number of phenols is 2. The molecule has 2 fully saturated rings. The van der Waals surface area contributed by atoms with Crippen molar-refractivity contribution < 1.29 is 34.2 Å². The summed E-state index contributed by atoms with van der Waals surface area (Å²) in [7, 11) is 0. The predicted molar refractivity (Wildman–Crippen MR) is 155 cm³/mol. The quantitative estimate of drug-likeness (QED) is 0.227. The smallest absolute Gasteiger partial charge is 0.249 e. The molecular formula is C30H38N6O7. The van der Waals surface area contributed by atoms with E-state index in [1.807, 2.05) is 0 Å². The molecule has 2 heterocycles. The van der Waals surface area contributed by atoms with Crippen LogP contribution >= 0.6 is 0 Å². The van der Waals surface area contributed by atoms with Crippen LogP contribution in [0.3, 0.4) is 0 Å². The van der Waals surface area contributed by atoms with Crippen molar-refractivity contribution in [2.45, 2.75) is 62.7 Å². The van der Waals surface area contributed by atoms with E-state index >= 15 is 0 Å². The Balaban J connectivity index is 1.69. The molecule has 0 aromatic heterocycles. The Morgan fingerprint density at radius 3 is 2.21 bits per heavy atom. The Morgan fingerprint density at radius 1 is 0.953 bits per heavy atom. The molecule has 2 saturated heterocycles. The van der Waals surface area contributed by atoms with Gasteiger partial charge in [-0.1, -0.05) is 24.3 Å². The highest BCUT2D eigenvalue weighted by Gasteiger charge is 2.42. The van der Waals surface area contributed by atoms with Crippen LogP contribution in [0, 0.1) is 0 Å². The summed E-state index contributed by atoms with van der Waals surface area (Å²) in [5, 5.41) is 24.6. The van der Waals surface area contributed by atoms with Gasteiger partial charge in [0.15, 0.2) is 0 Å². The monoisotopic (exact) mass is 594 g/mol. The van der Waals surface area contributed by atoms with Crippen LogP contribution < -0.4 is 22.1 Å². The Bertz CT molecular complexity index is 1330. The molecule has 43 heavy (non-hydrogen) atoms.